The van der Waals surface area contributed by atoms with E-state index in [0.717, 1.165) is 11.8 Å². The largest absolute Gasteiger partial charge is 0.0828 e. The molecular weight excluding hydrogens is 144 g/mol. The molecule has 0 aliphatic heterocycles. The first kappa shape index (κ1) is 11.7. The molecule has 0 aliphatic carbocycles. The average Bonchev–Trinajstić information content (AvgIpc) is 1.98. The van der Waals surface area contributed by atoms with E-state index in [0.29, 0.717) is 0 Å². The van der Waals surface area contributed by atoms with Gasteiger partial charge >= 0.3 is 0 Å². The zero-order valence-electron chi connectivity index (χ0n) is 9.35. The third-order valence-electron chi connectivity index (χ3n) is 2.52. The molecule has 2 unspecified atom stereocenters. The molecule has 0 aromatic heterocycles. The lowest BCUT2D eigenvalue weighted by atomic mass is 9.87. The van der Waals surface area contributed by atoms with Crippen LogP contribution in [0.15, 0.2) is 11.6 Å². The molecule has 2 atom stereocenters. The lowest BCUT2D eigenvalue weighted by molar-refractivity contribution is 0.375. The van der Waals surface area contributed by atoms with Gasteiger partial charge < -0.3 is 0 Å². The molecule has 0 amide bonds. The molecule has 0 aromatic carbocycles. The molecule has 0 aliphatic rings. The predicted octanol–water partition coefficient (Wildman–Crippen LogP) is 4.42. The summed E-state index contributed by atoms with van der Waals surface area (Å²) in [6, 6.07) is 0. The molecule has 0 heterocycles. The molecule has 0 aromatic rings. The van der Waals surface area contributed by atoms with Crippen molar-refractivity contribution in [2.75, 3.05) is 0 Å². The Hall–Kier alpha value is -0.260. The summed E-state index contributed by atoms with van der Waals surface area (Å²) < 4.78 is 0. The van der Waals surface area contributed by atoms with Gasteiger partial charge in [-0.2, -0.15) is 0 Å². The van der Waals surface area contributed by atoms with Crippen LogP contribution in [0.1, 0.15) is 53.9 Å². The second-order valence-corrected chi connectivity index (χ2v) is 4.06. The van der Waals surface area contributed by atoms with Gasteiger partial charge in [-0.25, -0.2) is 0 Å². The van der Waals surface area contributed by atoms with Crippen LogP contribution in [-0.2, 0) is 0 Å². The van der Waals surface area contributed by atoms with Crippen molar-refractivity contribution in [3.8, 4) is 0 Å². The molecule has 0 N–H and O–H groups in total. The zero-order chi connectivity index (χ0) is 9.56. The lowest BCUT2D eigenvalue weighted by Crippen LogP contribution is -2.08. The van der Waals surface area contributed by atoms with Crippen LogP contribution in [0.25, 0.3) is 0 Å². The maximum Gasteiger partial charge on any atom is -0.0231 e. The van der Waals surface area contributed by atoms with Crippen molar-refractivity contribution in [3.05, 3.63) is 11.6 Å². The molecule has 72 valence electrons. The summed E-state index contributed by atoms with van der Waals surface area (Å²) in [6.07, 6.45) is 6.42. The fourth-order valence-electron chi connectivity index (χ4n) is 1.87. The van der Waals surface area contributed by atoms with Crippen molar-refractivity contribution >= 4 is 0 Å². The fourth-order valence-corrected chi connectivity index (χ4v) is 1.87. The van der Waals surface area contributed by atoms with E-state index >= 15 is 0 Å². The maximum atomic E-state index is 2.41. The summed E-state index contributed by atoms with van der Waals surface area (Å²) >= 11 is 0. The van der Waals surface area contributed by atoms with Gasteiger partial charge in [0, 0.05) is 0 Å². The quantitative estimate of drug-likeness (QED) is 0.533. The third kappa shape index (κ3) is 4.58. The minimum absolute atomic E-state index is 0.764. The van der Waals surface area contributed by atoms with E-state index in [-0.39, 0.29) is 0 Å². The highest BCUT2D eigenvalue weighted by atomic mass is 14.2. The Labute approximate surface area is 78.1 Å². The summed E-state index contributed by atoms with van der Waals surface area (Å²) in [5.41, 5.74) is 1.46. The molecule has 0 heteroatoms. The van der Waals surface area contributed by atoms with E-state index in [4.69, 9.17) is 0 Å². The first-order valence-electron chi connectivity index (χ1n) is 5.26. The fraction of sp³-hybridized carbons (Fsp3) is 0.833. The summed E-state index contributed by atoms with van der Waals surface area (Å²) in [7, 11) is 0. The Morgan fingerprint density at radius 1 is 1.25 bits per heavy atom. The van der Waals surface area contributed by atoms with Gasteiger partial charge in [0.05, 0.1) is 0 Å². The van der Waals surface area contributed by atoms with Crippen LogP contribution < -0.4 is 0 Å². The topological polar surface area (TPSA) is 0 Å². The molecule has 0 saturated carbocycles. The zero-order valence-corrected chi connectivity index (χ0v) is 9.35. The van der Waals surface area contributed by atoms with Crippen LogP contribution in [0.2, 0.25) is 0 Å². The highest BCUT2D eigenvalue weighted by Crippen LogP contribution is 2.22. The van der Waals surface area contributed by atoms with Crippen LogP contribution in [0.5, 0.6) is 0 Å². The molecule has 12 heavy (non-hydrogen) atoms. The van der Waals surface area contributed by atoms with E-state index in [1.165, 1.54) is 24.8 Å². The maximum absolute atomic E-state index is 2.41. The minimum atomic E-state index is 0.764. The predicted molar refractivity (Wildman–Crippen MR) is 57.3 cm³/mol. The molecule has 0 saturated heterocycles. The number of allylic oxidation sites excluding steroid dienone is 2. The Balaban J connectivity index is 4.02. The Kier molecular flexibility index (Phi) is 6.14. The smallest absolute Gasteiger partial charge is 0.0231 e. The van der Waals surface area contributed by atoms with Crippen LogP contribution in [0.4, 0.5) is 0 Å². The monoisotopic (exact) mass is 168 g/mol. The highest BCUT2D eigenvalue weighted by Gasteiger charge is 2.11. The number of hydrogen-bond donors (Lipinski definition) is 0. The van der Waals surface area contributed by atoms with Crippen LogP contribution in [0, 0.1) is 11.8 Å². The second kappa shape index (κ2) is 6.28. The van der Waals surface area contributed by atoms with E-state index in [1.54, 1.807) is 0 Å². The van der Waals surface area contributed by atoms with E-state index in [2.05, 4.69) is 40.7 Å². The van der Waals surface area contributed by atoms with Crippen molar-refractivity contribution in [2.45, 2.75) is 53.9 Å². The van der Waals surface area contributed by atoms with Gasteiger partial charge in [-0.1, -0.05) is 51.7 Å². The van der Waals surface area contributed by atoms with Gasteiger partial charge in [-0.05, 0) is 25.7 Å². The van der Waals surface area contributed by atoms with Crippen molar-refractivity contribution < 1.29 is 0 Å². The first-order valence-corrected chi connectivity index (χ1v) is 5.26. The van der Waals surface area contributed by atoms with E-state index in [9.17, 15) is 0 Å². The van der Waals surface area contributed by atoms with Gasteiger partial charge in [0.15, 0.2) is 0 Å². The standard InChI is InChI=1S/C12H24/c1-6-8-12(7-2)11(5)9-10(3)4/h9,11-12H,6-8H2,1-5H3. The molecule has 0 radical (unpaired) electrons. The van der Waals surface area contributed by atoms with E-state index < -0.39 is 0 Å². The van der Waals surface area contributed by atoms with Gasteiger partial charge in [0.2, 0.25) is 0 Å². The van der Waals surface area contributed by atoms with Crippen molar-refractivity contribution in [1.29, 1.82) is 0 Å². The number of rotatable bonds is 5. The number of hydrogen-bond acceptors (Lipinski definition) is 0. The minimum Gasteiger partial charge on any atom is -0.0828 e. The van der Waals surface area contributed by atoms with Gasteiger partial charge in [0.25, 0.3) is 0 Å². The summed E-state index contributed by atoms with van der Waals surface area (Å²) in [6.45, 7) is 11.3. The van der Waals surface area contributed by atoms with Crippen molar-refractivity contribution in [3.63, 3.8) is 0 Å². The Bertz CT molecular complexity index is 129. The Morgan fingerprint density at radius 3 is 2.17 bits per heavy atom. The lowest BCUT2D eigenvalue weighted by Gasteiger charge is -2.19. The van der Waals surface area contributed by atoms with Gasteiger partial charge in [-0.3, -0.25) is 0 Å². The summed E-state index contributed by atoms with van der Waals surface area (Å²) in [5, 5.41) is 0. The molecule has 0 rings (SSSR count). The molecule has 0 fully saturated rings. The van der Waals surface area contributed by atoms with Gasteiger partial charge in [0.1, 0.15) is 0 Å². The van der Waals surface area contributed by atoms with Crippen molar-refractivity contribution in [2.24, 2.45) is 11.8 Å². The van der Waals surface area contributed by atoms with E-state index in [1.807, 2.05) is 0 Å². The average molecular weight is 168 g/mol. The van der Waals surface area contributed by atoms with Crippen LogP contribution in [-0.4, -0.2) is 0 Å². The molecule has 0 nitrogen and oxygen atoms in total. The highest BCUT2D eigenvalue weighted by molar-refractivity contribution is 4.97. The SMILES string of the molecule is CCCC(CC)C(C)C=C(C)C. The van der Waals surface area contributed by atoms with Crippen LogP contribution in [0.3, 0.4) is 0 Å². The first-order chi connectivity index (χ1) is 5.61. The second-order valence-electron chi connectivity index (χ2n) is 4.06. The third-order valence-corrected chi connectivity index (χ3v) is 2.52. The summed E-state index contributed by atoms with van der Waals surface area (Å²) in [5.74, 6) is 1.66. The Morgan fingerprint density at radius 2 is 1.83 bits per heavy atom. The van der Waals surface area contributed by atoms with Crippen LogP contribution >= 0.6 is 0 Å². The molecule has 0 bridgehead atoms. The summed E-state index contributed by atoms with van der Waals surface area (Å²) in [4.78, 5) is 0. The van der Waals surface area contributed by atoms with Gasteiger partial charge in [-0.15, -0.1) is 0 Å². The normalized spacial score (nSPS) is 15.4. The van der Waals surface area contributed by atoms with Crippen molar-refractivity contribution in [1.82, 2.24) is 0 Å². The molecule has 0 spiro atoms. The molecular formula is C12H24.